The molecule has 0 aliphatic carbocycles. The average Bonchev–Trinajstić information content (AvgIpc) is 2.61. The van der Waals surface area contributed by atoms with Crippen LogP contribution in [0.25, 0.3) is 0 Å². The second-order valence-electron chi connectivity index (χ2n) is 6.40. The standard InChI is InChI=1S/C14H21NO14S/c1-4(16)15-8-11(10(19)7(27-13(8)22)3-26-30(23,24)25)29-14-9(18)5(17)2-6(28-14)12(20)21/h2,5,7-11,13-14,17-19,22H,3H2,1H3,(H,15,16)(H,20,21)(H,23,24,25)/t5?,7?,8-,9-,10-,11?,13+,14-/m0/s1. The number of aliphatic carboxylic acids is 1. The molecule has 15 nitrogen and oxygen atoms in total. The van der Waals surface area contributed by atoms with Gasteiger partial charge in [-0.25, -0.2) is 8.98 Å². The molecule has 172 valence electrons. The molecule has 2 aliphatic heterocycles. The highest BCUT2D eigenvalue weighted by Gasteiger charge is 2.49. The summed E-state index contributed by atoms with van der Waals surface area (Å²) >= 11 is 0. The molecule has 0 aromatic rings. The Bertz CT molecular complexity index is 784. The van der Waals surface area contributed by atoms with Gasteiger partial charge >= 0.3 is 16.4 Å². The third-order valence-corrected chi connectivity index (χ3v) is 4.57. The van der Waals surface area contributed by atoms with E-state index in [1.54, 1.807) is 0 Å². The summed E-state index contributed by atoms with van der Waals surface area (Å²) in [6.07, 6.45) is -11.8. The minimum atomic E-state index is -4.93. The zero-order valence-corrected chi connectivity index (χ0v) is 16.1. The van der Waals surface area contributed by atoms with Crippen molar-refractivity contribution in [3.8, 4) is 0 Å². The zero-order chi connectivity index (χ0) is 22.8. The van der Waals surface area contributed by atoms with Crippen molar-refractivity contribution in [1.82, 2.24) is 5.32 Å². The molecule has 1 saturated heterocycles. The van der Waals surface area contributed by atoms with Crippen molar-refractivity contribution < 1.29 is 66.5 Å². The first-order valence-electron chi connectivity index (χ1n) is 8.34. The van der Waals surface area contributed by atoms with Crippen molar-refractivity contribution in [1.29, 1.82) is 0 Å². The van der Waals surface area contributed by atoms with Gasteiger partial charge in [-0.3, -0.25) is 9.35 Å². The molecule has 0 spiro atoms. The fraction of sp³-hybridized carbons (Fsp3) is 0.714. The summed E-state index contributed by atoms with van der Waals surface area (Å²) in [4.78, 5) is 22.5. The Morgan fingerprint density at radius 2 is 1.83 bits per heavy atom. The molecule has 16 heteroatoms. The SMILES string of the molecule is CC(=O)N[C@H]1C(O[C@@H]2OC(C(=O)O)=CC(O)[C@@H]2O)[C@@H](O)C(COS(=O)(=O)O)O[C@H]1O. The van der Waals surface area contributed by atoms with Crippen LogP contribution in [-0.2, 0) is 38.4 Å². The van der Waals surface area contributed by atoms with Crippen molar-refractivity contribution in [2.75, 3.05) is 6.61 Å². The maximum absolute atomic E-state index is 11.4. The van der Waals surface area contributed by atoms with Gasteiger partial charge in [0.25, 0.3) is 0 Å². The summed E-state index contributed by atoms with van der Waals surface area (Å²) in [6, 6.07) is -1.49. The number of carbonyl (C=O) groups excluding carboxylic acids is 1. The van der Waals surface area contributed by atoms with Crippen molar-refractivity contribution in [3.63, 3.8) is 0 Å². The van der Waals surface area contributed by atoms with Crippen LogP contribution in [0.15, 0.2) is 11.8 Å². The molecule has 30 heavy (non-hydrogen) atoms. The third kappa shape index (κ3) is 6.06. The highest BCUT2D eigenvalue weighted by Crippen LogP contribution is 2.28. The van der Waals surface area contributed by atoms with Crippen LogP contribution in [0.4, 0.5) is 0 Å². The van der Waals surface area contributed by atoms with E-state index in [1.165, 1.54) is 0 Å². The number of carbonyl (C=O) groups is 2. The Kier molecular flexibility index (Phi) is 7.72. The molecule has 1 fully saturated rings. The molecular weight excluding hydrogens is 438 g/mol. The Hall–Kier alpha value is -1.89. The van der Waals surface area contributed by atoms with Crippen LogP contribution in [0, 0.1) is 0 Å². The number of nitrogens with one attached hydrogen (secondary N) is 1. The molecule has 0 radical (unpaired) electrons. The molecule has 1 amide bonds. The molecule has 2 rings (SSSR count). The monoisotopic (exact) mass is 459 g/mol. The highest BCUT2D eigenvalue weighted by atomic mass is 32.3. The first-order chi connectivity index (χ1) is 13.8. The van der Waals surface area contributed by atoms with Gasteiger partial charge in [-0.2, -0.15) is 8.42 Å². The van der Waals surface area contributed by atoms with E-state index >= 15 is 0 Å². The molecule has 0 aromatic carbocycles. The molecule has 2 aliphatic rings. The van der Waals surface area contributed by atoms with Crippen LogP contribution < -0.4 is 5.32 Å². The highest BCUT2D eigenvalue weighted by molar-refractivity contribution is 7.80. The quantitative estimate of drug-likeness (QED) is 0.179. The van der Waals surface area contributed by atoms with Gasteiger partial charge < -0.3 is 45.1 Å². The predicted molar refractivity (Wildman–Crippen MR) is 89.5 cm³/mol. The molecule has 0 aromatic heterocycles. The van der Waals surface area contributed by atoms with Gasteiger partial charge in [-0.05, 0) is 6.08 Å². The van der Waals surface area contributed by atoms with Gasteiger partial charge in [-0.1, -0.05) is 0 Å². The van der Waals surface area contributed by atoms with Crippen molar-refractivity contribution >= 4 is 22.3 Å². The molecule has 2 heterocycles. The molecule has 3 unspecified atom stereocenters. The maximum Gasteiger partial charge on any atom is 0.397 e. The van der Waals surface area contributed by atoms with Gasteiger partial charge in [0, 0.05) is 6.92 Å². The van der Waals surface area contributed by atoms with Crippen LogP contribution in [0.5, 0.6) is 0 Å². The molecule has 8 atom stereocenters. The van der Waals surface area contributed by atoms with E-state index in [1.807, 2.05) is 0 Å². The number of hydrogen-bond acceptors (Lipinski definition) is 12. The summed E-state index contributed by atoms with van der Waals surface area (Å²) in [5.41, 5.74) is 0. The fourth-order valence-corrected chi connectivity index (χ4v) is 3.11. The Labute approximate surface area is 169 Å². The van der Waals surface area contributed by atoms with Crippen LogP contribution in [0.2, 0.25) is 0 Å². The number of carboxylic acid groups (broad SMARTS) is 1. The van der Waals surface area contributed by atoms with Crippen LogP contribution >= 0.6 is 0 Å². The summed E-state index contributed by atoms with van der Waals surface area (Å²) in [7, 11) is -4.93. The first-order valence-corrected chi connectivity index (χ1v) is 9.70. The minimum absolute atomic E-state index is 0.702. The number of hydrogen-bond donors (Lipinski definition) is 7. The van der Waals surface area contributed by atoms with Gasteiger partial charge in [0.1, 0.15) is 36.6 Å². The fourth-order valence-electron chi connectivity index (χ4n) is 2.81. The normalized spacial score (nSPS) is 37.1. The van der Waals surface area contributed by atoms with Gasteiger partial charge in [0.2, 0.25) is 18.0 Å². The Morgan fingerprint density at radius 3 is 2.37 bits per heavy atom. The summed E-state index contributed by atoms with van der Waals surface area (Å²) < 4.78 is 49.5. The van der Waals surface area contributed by atoms with E-state index in [9.17, 15) is 38.4 Å². The van der Waals surface area contributed by atoms with E-state index in [0.29, 0.717) is 6.08 Å². The number of rotatable bonds is 7. The van der Waals surface area contributed by atoms with Gasteiger partial charge in [0.05, 0.1) is 6.61 Å². The molecule has 0 saturated carbocycles. The zero-order valence-electron chi connectivity index (χ0n) is 15.3. The van der Waals surface area contributed by atoms with Crippen LogP contribution in [-0.4, -0.2) is 106 Å². The van der Waals surface area contributed by atoms with E-state index in [-0.39, 0.29) is 0 Å². The number of ether oxygens (including phenoxy) is 3. The Balaban J connectivity index is 2.26. The van der Waals surface area contributed by atoms with Crippen molar-refractivity contribution in [2.24, 2.45) is 0 Å². The lowest BCUT2D eigenvalue weighted by Gasteiger charge is -2.44. The summed E-state index contributed by atoms with van der Waals surface area (Å²) in [6.45, 7) is 0.0887. The average molecular weight is 459 g/mol. The van der Waals surface area contributed by atoms with E-state index in [2.05, 4.69) is 9.50 Å². The van der Waals surface area contributed by atoms with E-state index in [4.69, 9.17) is 23.9 Å². The van der Waals surface area contributed by atoms with E-state index in [0.717, 1.165) is 6.92 Å². The molecular formula is C14H21NO14S. The minimum Gasteiger partial charge on any atom is -0.475 e. The molecule has 7 N–H and O–H groups in total. The smallest absolute Gasteiger partial charge is 0.397 e. The van der Waals surface area contributed by atoms with E-state index < -0.39 is 83.8 Å². The first kappa shape index (κ1) is 24.4. The third-order valence-electron chi connectivity index (χ3n) is 4.14. The topological polar surface area (TPSA) is 239 Å². The second-order valence-corrected chi connectivity index (χ2v) is 7.49. The lowest BCUT2D eigenvalue weighted by atomic mass is 9.96. The van der Waals surface area contributed by atoms with Crippen LogP contribution in [0.1, 0.15) is 6.92 Å². The predicted octanol–water partition coefficient (Wildman–Crippen LogP) is -4.18. The van der Waals surface area contributed by atoms with Gasteiger partial charge in [0.15, 0.2) is 6.29 Å². The molecule has 0 bridgehead atoms. The van der Waals surface area contributed by atoms with Crippen LogP contribution in [0.3, 0.4) is 0 Å². The number of carboxylic acids is 1. The summed E-state index contributed by atoms with van der Waals surface area (Å²) in [5, 5.41) is 51.7. The largest absolute Gasteiger partial charge is 0.475 e. The lowest BCUT2D eigenvalue weighted by molar-refractivity contribution is -0.301. The van der Waals surface area contributed by atoms with Crippen molar-refractivity contribution in [3.05, 3.63) is 11.8 Å². The number of aliphatic hydroxyl groups is 4. The maximum atomic E-state index is 11.4. The Morgan fingerprint density at radius 1 is 1.20 bits per heavy atom. The summed E-state index contributed by atoms with van der Waals surface area (Å²) in [5.74, 6) is -3.07. The number of amides is 1. The van der Waals surface area contributed by atoms with Gasteiger partial charge in [-0.15, -0.1) is 0 Å². The van der Waals surface area contributed by atoms with Crippen molar-refractivity contribution in [2.45, 2.75) is 56.1 Å². The second kappa shape index (κ2) is 9.50. The number of aliphatic hydroxyl groups excluding tert-OH is 4. The lowest BCUT2D eigenvalue weighted by Crippen LogP contribution is -2.66.